The van der Waals surface area contributed by atoms with E-state index in [2.05, 4.69) is 14.9 Å². The Bertz CT molecular complexity index is 69.4. The maximum absolute atomic E-state index is 4.58. The highest BCUT2D eigenvalue weighted by molar-refractivity contribution is 14.1. The molecule has 0 unspecified atom stereocenters. The van der Waals surface area contributed by atoms with Gasteiger partial charge in [-0.2, -0.15) is 0 Å². The molecule has 0 saturated carbocycles. The molecule has 0 aliphatic carbocycles. The Balaban J connectivity index is 2.79. The Morgan fingerprint density at radius 2 is 2.50 bits per heavy atom. The summed E-state index contributed by atoms with van der Waals surface area (Å²) >= 11 is 1.81. The quantitative estimate of drug-likeness (QED) is 0.454. The molecule has 0 aromatic carbocycles. The lowest BCUT2D eigenvalue weighted by Gasteiger charge is -1.74. The van der Waals surface area contributed by atoms with Crippen molar-refractivity contribution < 1.29 is 3.07 Å². The molecule has 1 nitrogen and oxygen atoms in total. The van der Waals surface area contributed by atoms with Gasteiger partial charge in [-0.15, -0.1) is 5.92 Å². The van der Waals surface area contributed by atoms with E-state index in [1.807, 2.05) is 23.0 Å². The minimum absolute atomic E-state index is 0.539. The Kier molecular flexibility index (Phi) is 5.47. The van der Waals surface area contributed by atoms with Gasteiger partial charge in [0.25, 0.3) is 0 Å². The van der Waals surface area contributed by atoms with Crippen LogP contribution in [0.5, 0.6) is 0 Å². The summed E-state index contributed by atoms with van der Waals surface area (Å²) in [4.78, 5) is 0. The summed E-state index contributed by atoms with van der Waals surface area (Å²) in [6.07, 6.45) is 0. The number of rotatable bonds is 1. The Hall–Kier alpha value is 0.250. The van der Waals surface area contributed by atoms with Crippen molar-refractivity contribution in [1.82, 2.24) is 0 Å². The van der Waals surface area contributed by atoms with E-state index in [0.29, 0.717) is 6.61 Å². The first-order valence-electron chi connectivity index (χ1n) is 1.55. The molecule has 0 amide bonds. The van der Waals surface area contributed by atoms with Gasteiger partial charge in [0.2, 0.25) is 0 Å². The van der Waals surface area contributed by atoms with Gasteiger partial charge in [-0.1, -0.05) is 5.92 Å². The average molecular weight is 196 g/mol. The molecular formula is C4H5IO. The molecule has 0 spiro atoms. The third kappa shape index (κ3) is 4.25. The van der Waals surface area contributed by atoms with E-state index in [1.165, 1.54) is 0 Å². The van der Waals surface area contributed by atoms with Crippen molar-refractivity contribution in [2.45, 2.75) is 6.92 Å². The maximum atomic E-state index is 4.58. The van der Waals surface area contributed by atoms with Crippen molar-refractivity contribution in [2.24, 2.45) is 0 Å². The highest BCUT2D eigenvalue weighted by Crippen LogP contribution is 1.79. The first-order valence-corrected chi connectivity index (χ1v) is 2.43. The zero-order chi connectivity index (χ0) is 4.83. The SMILES string of the molecule is CC#CCOI. The largest absolute Gasteiger partial charge is 0.303 e. The van der Waals surface area contributed by atoms with Gasteiger partial charge in [-0.05, 0) is 6.92 Å². The van der Waals surface area contributed by atoms with E-state index in [0.717, 1.165) is 0 Å². The van der Waals surface area contributed by atoms with Gasteiger partial charge in [-0.25, -0.2) is 0 Å². The fourth-order valence-corrected chi connectivity index (χ4v) is 0.255. The minimum atomic E-state index is 0.539. The number of hydrogen-bond donors (Lipinski definition) is 0. The van der Waals surface area contributed by atoms with Crippen molar-refractivity contribution in [3.8, 4) is 11.8 Å². The molecule has 0 aliphatic rings. The van der Waals surface area contributed by atoms with Gasteiger partial charge in [0.1, 0.15) is 29.6 Å². The second-order valence-corrected chi connectivity index (χ2v) is 1.30. The van der Waals surface area contributed by atoms with E-state index in [9.17, 15) is 0 Å². The summed E-state index contributed by atoms with van der Waals surface area (Å²) in [7, 11) is 0. The predicted molar refractivity (Wildman–Crippen MR) is 33.4 cm³/mol. The topological polar surface area (TPSA) is 9.23 Å². The molecule has 0 aromatic rings. The lowest BCUT2D eigenvalue weighted by atomic mass is 10.6. The summed E-state index contributed by atoms with van der Waals surface area (Å²) in [6.45, 7) is 2.33. The molecule has 0 saturated heterocycles. The molecular weight excluding hydrogens is 191 g/mol. The Morgan fingerprint density at radius 1 is 1.83 bits per heavy atom. The van der Waals surface area contributed by atoms with Crippen LogP contribution in [0.25, 0.3) is 0 Å². The Morgan fingerprint density at radius 3 is 2.67 bits per heavy atom. The zero-order valence-corrected chi connectivity index (χ0v) is 5.65. The van der Waals surface area contributed by atoms with Crippen LogP contribution >= 0.6 is 23.0 Å². The summed E-state index contributed by atoms with van der Waals surface area (Å²) < 4.78 is 4.58. The van der Waals surface area contributed by atoms with Gasteiger partial charge in [0.15, 0.2) is 0 Å². The molecule has 0 aromatic heterocycles. The normalized spacial score (nSPS) is 6.33. The van der Waals surface area contributed by atoms with Gasteiger partial charge in [0, 0.05) is 0 Å². The van der Waals surface area contributed by atoms with E-state index < -0.39 is 0 Å². The van der Waals surface area contributed by atoms with Crippen LogP contribution < -0.4 is 0 Å². The average Bonchev–Trinajstić information content (AvgIpc) is 1.61. The maximum Gasteiger partial charge on any atom is 0.120 e. The van der Waals surface area contributed by atoms with E-state index >= 15 is 0 Å². The van der Waals surface area contributed by atoms with Gasteiger partial charge in [0.05, 0.1) is 0 Å². The van der Waals surface area contributed by atoms with Crippen molar-refractivity contribution in [2.75, 3.05) is 6.61 Å². The molecule has 0 rings (SSSR count). The van der Waals surface area contributed by atoms with Crippen molar-refractivity contribution >= 4 is 23.0 Å². The van der Waals surface area contributed by atoms with Gasteiger partial charge < -0.3 is 3.07 Å². The monoisotopic (exact) mass is 196 g/mol. The third-order valence-corrected chi connectivity index (χ3v) is 0.615. The second kappa shape index (κ2) is 5.25. The van der Waals surface area contributed by atoms with Crippen molar-refractivity contribution in [1.29, 1.82) is 0 Å². The van der Waals surface area contributed by atoms with Crippen LogP contribution in [0.3, 0.4) is 0 Å². The minimum Gasteiger partial charge on any atom is -0.303 e. The third-order valence-electron chi connectivity index (χ3n) is 0.303. The van der Waals surface area contributed by atoms with Gasteiger partial charge in [-0.3, -0.25) is 0 Å². The van der Waals surface area contributed by atoms with E-state index in [4.69, 9.17) is 0 Å². The highest BCUT2D eigenvalue weighted by atomic mass is 127. The molecule has 0 aliphatic heterocycles. The number of halogens is 1. The van der Waals surface area contributed by atoms with Crippen LogP contribution in [0.15, 0.2) is 0 Å². The van der Waals surface area contributed by atoms with Gasteiger partial charge >= 0.3 is 0 Å². The molecule has 0 bridgehead atoms. The zero-order valence-electron chi connectivity index (χ0n) is 3.49. The van der Waals surface area contributed by atoms with Crippen LogP contribution in [-0.4, -0.2) is 6.61 Å². The molecule has 34 valence electrons. The molecule has 6 heavy (non-hydrogen) atoms. The molecule has 0 atom stereocenters. The van der Waals surface area contributed by atoms with E-state index in [-0.39, 0.29) is 0 Å². The lowest BCUT2D eigenvalue weighted by Crippen LogP contribution is -1.71. The highest BCUT2D eigenvalue weighted by Gasteiger charge is 1.63. The molecule has 0 radical (unpaired) electrons. The fourth-order valence-electron chi connectivity index (χ4n) is 0.0994. The molecule has 0 N–H and O–H groups in total. The standard InChI is InChI=1S/C4H5IO/c1-2-3-4-6-5/h4H2,1H3. The Labute approximate surface area is 51.8 Å². The fraction of sp³-hybridized carbons (Fsp3) is 0.500. The first kappa shape index (κ1) is 6.25. The van der Waals surface area contributed by atoms with Crippen LogP contribution in [0.2, 0.25) is 0 Å². The van der Waals surface area contributed by atoms with Crippen LogP contribution in [-0.2, 0) is 3.07 Å². The second-order valence-electron chi connectivity index (χ2n) is 0.680. The molecule has 2 heteroatoms. The van der Waals surface area contributed by atoms with Crippen LogP contribution in [0.4, 0.5) is 0 Å². The predicted octanol–water partition coefficient (Wildman–Crippen LogP) is 1.38. The van der Waals surface area contributed by atoms with E-state index in [1.54, 1.807) is 6.92 Å². The van der Waals surface area contributed by atoms with Crippen molar-refractivity contribution in [3.05, 3.63) is 0 Å². The summed E-state index contributed by atoms with van der Waals surface area (Å²) in [5.74, 6) is 5.41. The van der Waals surface area contributed by atoms with Crippen molar-refractivity contribution in [3.63, 3.8) is 0 Å². The number of hydrogen-bond acceptors (Lipinski definition) is 1. The first-order chi connectivity index (χ1) is 2.91. The summed E-state index contributed by atoms with van der Waals surface area (Å²) in [6, 6.07) is 0. The molecule has 0 fully saturated rings. The summed E-state index contributed by atoms with van der Waals surface area (Å²) in [5.41, 5.74) is 0. The lowest BCUT2D eigenvalue weighted by molar-refractivity contribution is 0.498. The van der Waals surface area contributed by atoms with Crippen LogP contribution in [0.1, 0.15) is 6.92 Å². The molecule has 0 heterocycles. The summed E-state index contributed by atoms with van der Waals surface area (Å²) in [5, 5.41) is 0. The smallest absolute Gasteiger partial charge is 0.120 e. The van der Waals surface area contributed by atoms with Crippen LogP contribution in [0, 0.1) is 11.8 Å².